The molecule has 20 heavy (non-hydrogen) atoms. The molecule has 0 aromatic heterocycles. The molecule has 0 bridgehead atoms. The van der Waals surface area contributed by atoms with Crippen molar-refractivity contribution in [2.24, 2.45) is 0 Å². The van der Waals surface area contributed by atoms with E-state index in [0.29, 0.717) is 16.5 Å². The van der Waals surface area contributed by atoms with E-state index in [4.69, 9.17) is 6.42 Å². The van der Waals surface area contributed by atoms with Crippen LogP contribution in [0.3, 0.4) is 0 Å². The van der Waals surface area contributed by atoms with Gasteiger partial charge in [0, 0.05) is 16.3 Å². The second kappa shape index (κ2) is 6.38. The van der Waals surface area contributed by atoms with Crippen LogP contribution in [0, 0.1) is 24.0 Å². The van der Waals surface area contributed by atoms with Crippen LogP contribution in [0.5, 0.6) is 5.75 Å². The molecular formula is C17H18F2O. The summed E-state index contributed by atoms with van der Waals surface area (Å²) in [5.74, 6) is 0.316. The van der Waals surface area contributed by atoms with Gasteiger partial charge in [-0.1, -0.05) is 33.6 Å². The van der Waals surface area contributed by atoms with Crippen molar-refractivity contribution in [1.29, 1.82) is 0 Å². The van der Waals surface area contributed by atoms with Crippen LogP contribution >= 0.6 is 0 Å². The van der Waals surface area contributed by atoms with Gasteiger partial charge in [0.15, 0.2) is 11.6 Å². The highest BCUT2D eigenvalue weighted by Gasteiger charge is 2.17. The molecule has 1 N–H and O–H groups in total. The zero-order chi connectivity index (χ0) is 15.4. The van der Waals surface area contributed by atoms with Crippen molar-refractivity contribution in [1.82, 2.24) is 0 Å². The summed E-state index contributed by atoms with van der Waals surface area (Å²) in [6.45, 7) is 7.80. The normalized spacial score (nSPS) is 10.1. The Labute approximate surface area is 118 Å². The van der Waals surface area contributed by atoms with Crippen LogP contribution in [0.2, 0.25) is 0 Å². The third-order valence-electron chi connectivity index (χ3n) is 2.92. The fourth-order valence-electron chi connectivity index (χ4n) is 2.08. The summed E-state index contributed by atoms with van der Waals surface area (Å²) in [6.07, 6.45) is 5.34. The fourth-order valence-corrected chi connectivity index (χ4v) is 2.08. The van der Waals surface area contributed by atoms with E-state index in [0.717, 1.165) is 6.07 Å². The number of phenolic OH excluding ortho intramolecular Hbond substituents is 1. The number of terminal acetylenes is 1. The lowest BCUT2D eigenvalue weighted by atomic mass is 9.92. The molecule has 2 aromatic rings. The van der Waals surface area contributed by atoms with Gasteiger partial charge in [0.1, 0.15) is 5.75 Å². The molecule has 0 saturated heterocycles. The molecule has 0 unspecified atom stereocenters. The summed E-state index contributed by atoms with van der Waals surface area (Å²) < 4.78 is 27.2. The van der Waals surface area contributed by atoms with Gasteiger partial charge in [-0.3, -0.25) is 0 Å². The standard InChI is InChI=1S/C15H12F2O.C2H6/c1-4-9-5-13(16)15(17)12-7-10(18)6-11(8(2)3)14(9)12;1-2/h1,5-8,18H,2-3H3;1-2H3. The van der Waals surface area contributed by atoms with Gasteiger partial charge in [-0.2, -0.15) is 0 Å². The van der Waals surface area contributed by atoms with Gasteiger partial charge in [-0.25, -0.2) is 8.78 Å². The monoisotopic (exact) mass is 276 g/mol. The number of phenols is 1. The van der Waals surface area contributed by atoms with Crippen LogP contribution in [-0.2, 0) is 0 Å². The molecule has 0 aliphatic rings. The van der Waals surface area contributed by atoms with E-state index in [-0.39, 0.29) is 17.1 Å². The molecule has 2 aromatic carbocycles. The van der Waals surface area contributed by atoms with Crippen LogP contribution in [0.1, 0.15) is 44.7 Å². The number of benzene rings is 2. The average molecular weight is 276 g/mol. The predicted octanol–water partition coefficient (Wildman–Crippen LogP) is 4.95. The second-order valence-corrected chi connectivity index (χ2v) is 4.48. The Kier molecular flexibility index (Phi) is 5.10. The van der Waals surface area contributed by atoms with Crippen molar-refractivity contribution < 1.29 is 13.9 Å². The van der Waals surface area contributed by atoms with E-state index in [2.05, 4.69) is 5.92 Å². The fraction of sp³-hybridized carbons (Fsp3) is 0.294. The van der Waals surface area contributed by atoms with Crippen molar-refractivity contribution in [3.8, 4) is 18.1 Å². The maximum atomic E-state index is 13.8. The molecule has 2 rings (SSSR count). The number of hydrogen-bond donors (Lipinski definition) is 1. The van der Waals surface area contributed by atoms with Gasteiger partial charge in [0.2, 0.25) is 0 Å². The van der Waals surface area contributed by atoms with E-state index in [1.165, 1.54) is 12.1 Å². The minimum Gasteiger partial charge on any atom is -0.508 e. The summed E-state index contributed by atoms with van der Waals surface area (Å²) in [5.41, 5.74) is 1.00. The van der Waals surface area contributed by atoms with Gasteiger partial charge >= 0.3 is 0 Å². The highest BCUT2D eigenvalue weighted by molar-refractivity contribution is 5.93. The van der Waals surface area contributed by atoms with E-state index in [1.54, 1.807) is 0 Å². The molecule has 0 aliphatic heterocycles. The Morgan fingerprint density at radius 3 is 2.25 bits per heavy atom. The largest absolute Gasteiger partial charge is 0.508 e. The van der Waals surface area contributed by atoms with Crippen LogP contribution in [0.15, 0.2) is 18.2 Å². The molecular weight excluding hydrogens is 258 g/mol. The molecule has 0 saturated carbocycles. The lowest BCUT2D eigenvalue weighted by Crippen LogP contribution is -1.97. The van der Waals surface area contributed by atoms with E-state index >= 15 is 0 Å². The van der Waals surface area contributed by atoms with Crippen molar-refractivity contribution >= 4 is 10.8 Å². The first-order valence-electron chi connectivity index (χ1n) is 6.57. The van der Waals surface area contributed by atoms with Gasteiger partial charge in [0.25, 0.3) is 0 Å². The maximum absolute atomic E-state index is 13.8. The zero-order valence-electron chi connectivity index (χ0n) is 12.1. The Morgan fingerprint density at radius 2 is 1.75 bits per heavy atom. The number of rotatable bonds is 1. The summed E-state index contributed by atoms with van der Waals surface area (Å²) in [4.78, 5) is 0. The Morgan fingerprint density at radius 1 is 1.15 bits per heavy atom. The summed E-state index contributed by atoms with van der Waals surface area (Å²) >= 11 is 0. The van der Waals surface area contributed by atoms with E-state index in [9.17, 15) is 13.9 Å². The quantitative estimate of drug-likeness (QED) is 0.730. The van der Waals surface area contributed by atoms with Crippen molar-refractivity contribution in [2.75, 3.05) is 0 Å². The summed E-state index contributed by atoms with van der Waals surface area (Å²) in [7, 11) is 0. The van der Waals surface area contributed by atoms with Crippen LogP contribution in [-0.4, -0.2) is 5.11 Å². The van der Waals surface area contributed by atoms with Crippen LogP contribution in [0.25, 0.3) is 10.8 Å². The molecule has 106 valence electrons. The number of fused-ring (bicyclic) bond motifs is 1. The molecule has 0 heterocycles. The molecule has 0 fully saturated rings. The minimum atomic E-state index is -1.00. The average Bonchev–Trinajstić information content (AvgIpc) is 2.44. The second-order valence-electron chi connectivity index (χ2n) is 4.48. The predicted molar refractivity (Wildman–Crippen MR) is 78.9 cm³/mol. The number of halogens is 2. The first-order chi connectivity index (χ1) is 9.45. The molecule has 0 amide bonds. The van der Waals surface area contributed by atoms with Gasteiger partial charge < -0.3 is 5.11 Å². The Balaban J connectivity index is 0.000000956. The van der Waals surface area contributed by atoms with Crippen LogP contribution in [0.4, 0.5) is 8.78 Å². The Bertz CT molecular complexity index is 667. The molecule has 1 nitrogen and oxygen atoms in total. The summed E-state index contributed by atoms with van der Waals surface area (Å²) in [6, 6.07) is 3.74. The summed E-state index contributed by atoms with van der Waals surface area (Å²) in [5, 5.41) is 10.1. The lowest BCUT2D eigenvalue weighted by molar-refractivity contribution is 0.474. The highest BCUT2D eigenvalue weighted by atomic mass is 19.2. The maximum Gasteiger partial charge on any atom is 0.166 e. The van der Waals surface area contributed by atoms with Gasteiger partial charge in [-0.05, 0) is 29.7 Å². The smallest absolute Gasteiger partial charge is 0.166 e. The molecule has 0 atom stereocenters. The topological polar surface area (TPSA) is 20.2 Å². The van der Waals surface area contributed by atoms with Crippen molar-refractivity contribution in [3.63, 3.8) is 0 Å². The van der Waals surface area contributed by atoms with E-state index < -0.39 is 11.6 Å². The number of hydrogen-bond acceptors (Lipinski definition) is 1. The van der Waals surface area contributed by atoms with Gasteiger partial charge in [-0.15, -0.1) is 6.42 Å². The third kappa shape index (κ3) is 2.75. The van der Waals surface area contributed by atoms with Crippen LogP contribution < -0.4 is 0 Å². The third-order valence-corrected chi connectivity index (χ3v) is 2.92. The van der Waals surface area contributed by atoms with Gasteiger partial charge in [0.05, 0.1) is 0 Å². The molecule has 0 aliphatic carbocycles. The number of aromatic hydroxyl groups is 1. The molecule has 3 heteroatoms. The lowest BCUT2D eigenvalue weighted by Gasteiger charge is -2.13. The molecule has 0 spiro atoms. The Hall–Kier alpha value is -2.08. The first-order valence-corrected chi connectivity index (χ1v) is 6.57. The first kappa shape index (κ1) is 16.0. The highest BCUT2D eigenvalue weighted by Crippen LogP contribution is 2.34. The van der Waals surface area contributed by atoms with E-state index in [1.807, 2.05) is 27.7 Å². The molecule has 0 radical (unpaired) electrons. The SMILES string of the molecule is C#Cc1cc(F)c(F)c2cc(O)cc(C(C)C)c12.CC. The zero-order valence-corrected chi connectivity index (χ0v) is 12.1. The van der Waals surface area contributed by atoms with Crippen molar-refractivity contribution in [3.05, 3.63) is 41.0 Å². The van der Waals surface area contributed by atoms with Crippen molar-refractivity contribution in [2.45, 2.75) is 33.6 Å². The minimum absolute atomic E-state index is 0.0200.